The zero-order chi connectivity index (χ0) is 20.8. The van der Waals surface area contributed by atoms with Gasteiger partial charge in [-0.05, 0) is 31.5 Å². The molecule has 0 unspecified atom stereocenters. The number of rotatable bonds is 5. The zero-order valence-electron chi connectivity index (χ0n) is 15.3. The van der Waals surface area contributed by atoms with Gasteiger partial charge in [0.2, 0.25) is 0 Å². The lowest BCUT2D eigenvalue weighted by molar-refractivity contribution is 0.0531. The molecule has 148 valence electrons. The van der Waals surface area contributed by atoms with E-state index in [1.165, 1.54) is 25.1 Å². The topological polar surface area (TPSA) is 111 Å². The van der Waals surface area contributed by atoms with E-state index in [4.69, 9.17) is 4.74 Å². The molecule has 0 atom stereocenters. The van der Waals surface area contributed by atoms with Gasteiger partial charge in [0.05, 0.1) is 24.8 Å². The van der Waals surface area contributed by atoms with E-state index in [0.717, 1.165) is 24.5 Å². The second kappa shape index (κ2) is 9.09. The lowest BCUT2D eigenvalue weighted by Gasteiger charge is -2.08. The third kappa shape index (κ3) is 4.52. The molecule has 0 spiro atoms. The molecule has 8 nitrogen and oxygen atoms in total. The molecule has 0 saturated heterocycles. The lowest BCUT2D eigenvalue weighted by atomic mass is 10.1. The predicted octanol–water partition coefficient (Wildman–Crippen LogP) is 3.12. The number of benzene rings is 1. The normalized spacial score (nSPS) is 10.1. The van der Waals surface area contributed by atoms with E-state index in [0.29, 0.717) is 0 Å². The van der Waals surface area contributed by atoms with Crippen LogP contribution in [0.2, 0.25) is 0 Å². The van der Waals surface area contributed by atoms with E-state index in [1.807, 2.05) is 5.32 Å². The number of imide groups is 1. The van der Waals surface area contributed by atoms with Crippen LogP contribution in [0.3, 0.4) is 0 Å². The number of alkyl carbamates (subject to hydrolysis) is 1. The fourth-order valence-corrected chi connectivity index (χ4v) is 3.38. The fraction of sp³-hybridized carbons (Fsp3) is 0.222. The summed E-state index contributed by atoms with van der Waals surface area (Å²) >= 11 is 0.784. The van der Waals surface area contributed by atoms with Crippen LogP contribution >= 0.6 is 11.3 Å². The molecule has 2 aromatic rings. The van der Waals surface area contributed by atoms with Crippen molar-refractivity contribution < 1.29 is 33.0 Å². The minimum absolute atomic E-state index is 0.0322. The van der Waals surface area contributed by atoms with Crippen LogP contribution in [0.15, 0.2) is 24.3 Å². The van der Waals surface area contributed by atoms with Gasteiger partial charge in [0.15, 0.2) is 0 Å². The van der Waals surface area contributed by atoms with E-state index in [2.05, 4.69) is 10.1 Å². The molecule has 10 heteroatoms. The molecule has 0 aliphatic heterocycles. The maximum atomic E-state index is 13.9. The second-order valence-electron chi connectivity index (χ2n) is 5.36. The molecule has 0 bridgehead atoms. The minimum Gasteiger partial charge on any atom is -0.462 e. The van der Waals surface area contributed by atoms with Gasteiger partial charge in [0.25, 0.3) is 11.8 Å². The number of amides is 3. The Morgan fingerprint density at radius 1 is 1.14 bits per heavy atom. The summed E-state index contributed by atoms with van der Waals surface area (Å²) in [5, 5.41) is 4.35. The highest BCUT2D eigenvalue weighted by Crippen LogP contribution is 2.34. The van der Waals surface area contributed by atoms with Gasteiger partial charge in [-0.1, -0.05) is 12.1 Å². The molecule has 1 aromatic heterocycles. The number of carbonyl (C=O) groups excluding carboxylic acids is 4. The van der Waals surface area contributed by atoms with Crippen molar-refractivity contribution in [2.45, 2.75) is 13.8 Å². The molecule has 0 saturated carbocycles. The number of carbonyl (C=O) groups is 4. The van der Waals surface area contributed by atoms with Gasteiger partial charge in [0.1, 0.15) is 15.7 Å². The number of thiophene rings is 1. The molecule has 0 fully saturated rings. The third-order valence-electron chi connectivity index (χ3n) is 3.58. The van der Waals surface area contributed by atoms with Gasteiger partial charge >= 0.3 is 12.1 Å². The van der Waals surface area contributed by atoms with Gasteiger partial charge in [-0.3, -0.25) is 14.9 Å². The van der Waals surface area contributed by atoms with E-state index < -0.39 is 29.7 Å². The number of halogens is 1. The number of esters is 1. The molecule has 28 heavy (non-hydrogen) atoms. The van der Waals surface area contributed by atoms with Crippen molar-refractivity contribution in [2.24, 2.45) is 0 Å². The largest absolute Gasteiger partial charge is 0.462 e. The Bertz CT molecular complexity index is 940. The van der Waals surface area contributed by atoms with E-state index in [1.54, 1.807) is 6.92 Å². The summed E-state index contributed by atoms with van der Waals surface area (Å²) in [6.45, 7) is 3.19. The number of hydrogen-bond donors (Lipinski definition) is 2. The van der Waals surface area contributed by atoms with Gasteiger partial charge in [-0.2, -0.15) is 0 Å². The average Bonchev–Trinajstić information content (AvgIpc) is 2.98. The Morgan fingerprint density at radius 3 is 2.43 bits per heavy atom. The SMILES string of the molecule is CCOC(=O)c1sc(NC(=O)c2ccccc2F)c(C(=O)NC(=O)OC)c1C. The molecule has 0 aliphatic carbocycles. The van der Waals surface area contributed by atoms with Crippen molar-refractivity contribution in [3.63, 3.8) is 0 Å². The smallest absolute Gasteiger partial charge is 0.413 e. The van der Waals surface area contributed by atoms with Crippen LogP contribution in [0.5, 0.6) is 0 Å². The Labute approximate surface area is 163 Å². The molecule has 1 heterocycles. The van der Waals surface area contributed by atoms with Crippen molar-refractivity contribution in [3.05, 3.63) is 51.7 Å². The molecule has 0 aliphatic rings. The van der Waals surface area contributed by atoms with Gasteiger partial charge in [0, 0.05) is 0 Å². The molecule has 2 N–H and O–H groups in total. The maximum Gasteiger partial charge on any atom is 0.413 e. The van der Waals surface area contributed by atoms with Crippen LogP contribution in [-0.4, -0.2) is 37.6 Å². The molecule has 1 aromatic carbocycles. The third-order valence-corrected chi connectivity index (χ3v) is 4.77. The first-order valence-corrected chi connectivity index (χ1v) is 8.87. The van der Waals surface area contributed by atoms with Crippen molar-refractivity contribution in [3.8, 4) is 0 Å². The lowest BCUT2D eigenvalue weighted by Crippen LogP contribution is -2.31. The summed E-state index contributed by atoms with van der Waals surface area (Å²) < 4.78 is 23.2. The summed E-state index contributed by atoms with van der Waals surface area (Å²) in [5.74, 6) is -3.15. The number of hydrogen-bond acceptors (Lipinski definition) is 7. The number of ether oxygens (including phenoxy) is 2. The number of methoxy groups -OCH3 is 1. The van der Waals surface area contributed by atoms with E-state index in [-0.39, 0.29) is 33.2 Å². The Kier molecular flexibility index (Phi) is 6.83. The highest BCUT2D eigenvalue weighted by atomic mass is 32.1. The zero-order valence-corrected chi connectivity index (χ0v) is 16.1. The Hall–Kier alpha value is -3.27. The highest BCUT2D eigenvalue weighted by molar-refractivity contribution is 7.18. The van der Waals surface area contributed by atoms with Crippen molar-refractivity contribution in [2.75, 3.05) is 19.0 Å². The van der Waals surface area contributed by atoms with Crippen LogP contribution in [0.25, 0.3) is 0 Å². The maximum absolute atomic E-state index is 13.9. The molecule has 2 rings (SSSR count). The summed E-state index contributed by atoms with van der Waals surface area (Å²) in [7, 11) is 1.08. The van der Waals surface area contributed by atoms with E-state index >= 15 is 0 Å². The van der Waals surface area contributed by atoms with Crippen LogP contribution in [0.1, 0.15) is 42.9 Å². The first-order chi connectivity index (χ1) is 13.3. The van der Waals surface area contributed by atoms with Crippen molar-refractivity contribution in [1.82, 2.24) is 5.32 Å². The van der Waals surface area contributed by atoms with Crippen LogP contribution in [-0.2, 0) is 9.47 Å². The first-order valence-electron chi connectivity index (χ1n) is 8.05. The summed E-state index contributed by atoms with van der Waals surface area (Å²) in [6, 6.07) is 5.29. The van der Waals surface area contributed by atoms with Crippen molar-refractivity contribution in [1.29, 1.82) is 0 Å². The summed E-state index contributed by atoms with van der Waals surface area (Å²) in [6.07, 6.45) is -1.01. The molecule has 0 radical (unpaired) electrons. The molecule has 3 amide bonds. The number of anilines is 1. The van der Waals surface area contributed by atoms with Gasteiger partial charge in [-0.25, -0.2) is 14.0 Å². The quantitative estimate of drug-likeness (QED) is 0.736. The molecular formula is C18H17FN2O6S. The van der Waals surface area contributed by atoms with Crippen LogP contribution < -0.4 is 10.6 Å². The predicted molar refractivity (Wildman–Crippen MR) is 99.2 cm³/mol. The van der Waals surface area contributed by atoms with Crippen LogP contribution in [0, 0.1) is 12.7 Å². The second-order valence-corrected chi connectivity index (χ2v) is 6.38. The van der Waals surface area contributed by atoms with Gasteiger partial charge < -0.3 is 14.8 Å². The summed E-state index contributed by atoms with van der Waals surface area (Å²) in [5.41, 5.74) is -0.164. The minimum atomic E-state index is -1.01. The summed E-state index contributed by atoms with van der Waals surface area (Å²) in [4.78, 5) is 48.4. The first kappa shape index (κ1) is 21.0. The number of nitrogens with one attached hydrogen (secondary N) is 2. The van der Waals surface area contributed by atoms with Gasteiger partial charge in [-0.15, -0.1) is 11.3 Å². The average molecular weight is 408 g/mol. The monoisotopic (exact) mass is 408 g/mol. The van der Waals surface area contributed by atoms with Crippen molar-refractivity contribution >= 4 is 40.2 Å². The Balaban J connectivity index is 2.45. The Morgan fingerprint density at radius 2 is 1.82 bits per heavy atom. The van der Waals surface area contributed by atoms with Crippen LogP contribution in [0.4, 0.5) is 14.2 Å². The fourth-order valence-electron chi connectivity index (χ4n) is 2.29. The standard InChI is InChI=1S/C18H17FN2O6S/c1-4-27-17(24)13-9(2)12(15(23)21-18(25)26-3)16(28-13)20-14(22)10-7-5-6-8-11(10)19/h5-8H,4H2,1-3H3,(H,20,22)(H,21,23,25). The van der Waals surface area contributed by atoms with E-state index in [9.17, 15) is 23.6 Å². The molecular weight excluding hydrogens is 391 g/mol. The highest BCUT2D eigenvalue weighted by Gasteiger charge is 2.28.